The van der Waals surface area contributed by atoms with E-state index in [-0.39, 0.29) is 0 Å². The summed E-state index contributed by atoms with van der Waals surface area (Å²) in [5.74, 6) is 0. The van der Waals surface area contributed by atoms with Crippen molar-refractivity contribution in [3.05, 3.63) is 71.8 Å². The van der Waals surface area contributed by atoms with Crippen LogP contribution < -0.4 is 0 Å². The molecule has 5 heteroatoms. The minimum Gasteiger partial charge on any atom is -0.414 e. The van der Waals surface area contributed by atoms with Crippen molar-refractivity contribution in [2.75, 3.05) is 20.3 Å². The largest absolute Gasteiger partial charge is 0.414 e. The number of ether oxygens (including phenoxy) is 1. The number of aliphatic hydroxyl groups is 2. The van der Waals surface area contributed by atoms with E-state index in [9.17, 15) is 10.2 Å². The van der Waals surface area contributed by atoms with Gasteiger partial charge in [-0.15, -0.1) is 0 Å². The van der Waals surface area contributed by atoms with E-state index in [1.807, 2.05) is 60.7 Å². The lowest BCUT2D eigenvalue weighted by Crippen LogP contribution is -2.35. The lowest BCUT2D eigenvalue weighted by atomic mass is 10.2. The number of aliphatic hydroxyl groups excluding tert-OH is 2. The molecule has 124 valence electrons. The third-order valence-electron chi connectivity index (χ3n) is 3.71. The summed E-state index contributed by atoms with van der Waals surface area (Å²) in [5.41, 5.74) is 0.0275. The van der Waals surface area contributed by atoms with Crippen LogP contribution in [0.1, 0.15) is 29.0 Å². The van der Waals surface area contributed by atoms with Crippen LogP contribution in [0.3, 0.4) is 0 Å². The molecule has 2 N–H and O–H groups in total. The molecule has 0 fully saturated rings. The molecule has 0 radical (unpaired) electrons. The fourth-order valence-corrected chi connectivity index (χ4v) is 4.81. The maximum absolute atomic E-state index is 10.7. The summed E-state index contributed by atoms with van der Waals surface area (Å²) >= 11 is 0. The molecular formula is C18H24O4Si. The minimum atomic E-state index is -2.36. The van der Waals surface area contributed by atoms with Crippen molar-refractivity contribution in [2.45, 2.75) is 17.9 Å². The fraction of sp³-hybridized carbons (Fsp3) is 0.333. The molecule has 0 saturated carbocycles. The summed E-state index contributed by atoms with van der Waals surface area (Å²) in [6.45, 7) is 1.07. The SMILES string of the molecule is COCCCO[SiH](C(O)c1ccccc1)C(O)c1ccccc1. The Balaban J connectivity index is 2.13. The number of hydrogen-bond acceptors (Lipinski definition) is 4. The van der Waals surface area contributed by atoms with E-state index in [0.717, 1.165) is 17.5 Å². The number of methoxy groups -OCH3 is 1. The Morgan fingerprint density at radius 3 is 1.74 bits per heavy atom. The van der Waals surface area contributed by atoms with Gasteiger partial charge in [-0.05, 0) is 17.5 Å². The Morgan fingerprint density at radius 2 is 1.30 bits per heavy atom. The lowest BCUT2D eigenvalue weighted by Gasteiger charge is -2.27. The van der Waals surface area contributed by atoms with E-state index in [4.69, 9.17) is 9.16 Å². The highest BCUT2D eigenvalue weighted by atomic mass is 28.3. The zero-order chi connectivity index (χ0) is 16.5. The second kappa shape index (κ2) is 9.59. The van der Waals surface area contributed by atoms with E-state index in [0.29, 0.717) is 13.2 Å². The predicted octanol–water partition coefficient (Wildman–Crippen LogP) is 2.31. The first-order valence-electron chi connectivity index (χ1n) is 7.80. The smallest absolute Gasteiger partial charge is 0.242 e. The summed E-state index contributed by atoms with van der Waals surface area (Å²) < 4.78 is 11.0. The third kappa shape index (κ3) is 5.26. The van der Waals surface area contributed by atoms with Crippen LogP contribution in [0.5, 0.6) is 0 Å². The number of rotatable bonds is 9. The molecule has 4 nitrogen and oxygen atoms in total. The zero-order valence-electron chi connectivity index (χ0n) is 13.3. The minimum absolute atomic E-state index is 0.471. The molecule has 0 saturated heterocycles. The molecule has 0 spiro atoms. The maximum atomic E-state index is 10.7. The van der Waals surface area contributed by atoms with Gasteiger partial charge in [0, 0.05) is 20.3 Å². The molecular weight excluding hydrogens is 308 g/mol. The van der Waals surface area contributed by atoms with Crippen LogP contribution in [-0.2, 0) is 9.16 Å². The van der Waals surface area contributed by atoms with Gasteiger partial charge in [-0.3, -0.25) is 0 Å². The highest BCUT2D eigenvalue weighted by Gasteiger charge is 2.32. The molecule has 0 aliphatic rings. The average Bonchev–Trinajstić information content (AvgIpc) is 2.62. The Labute approximate surface area is 139 Å². The first kappa shape index (κ1) is 17.8. The first-order valence-corrected chi connectivity index (χ1v) is 9.61. The fourth-order valence-electron chi connectivity index (χ4n) is 2.46. The summed E-state index contributed by atoms with van der Waals surface area (Å²) in [6.07, 6.45) is 0.739. The van der Waals surface area contributed by atoms with Crippen LogP contribution in [0, 0.1) is 0 Å². The van der Waals surface area contributed by atoms with Crippen molar-refractivity contribution in [1.29, 1.82) is 0 Å². The Morgan fingerprint density at radius 1 is 0.826 bits per heavy atom. The van der Waals surface area contributed by atoms with Gasteiger partial charge in [0.15, 0.2) is 0 Å². The van der Waals surface area contributed by atoms with Crippen molar-refractivity contribution in [3.8, 4) is 0 Å². The van der Waals surface area contributed by atoms with E-state index in [1.54, 1.807) is 7.11 Å². The van der Waals surface area contributed by atoms with E-state index in [2.05, 4.69) is 0 Å². The van der Waals surface area contributed by atoms with Gasteiger partial charge in [-0.2, -0.15) is 0 Å². The van der Waals surface area contributed by atoms with Crippen LogP contribution in [0.15, 0.2) is 60.7 Å². The molecule has 0 heterocycles. The highest BCUT2D eigenvalue weighted by molar-refractivity contribution is 6.54. The molecule has 0 bridgehead atoms. The first-order chi connectivity index (χ1) is 11.2. The Hall–Kier alpha value is -1.50. The maximum Gasteiger partial charge on any atom is 0.242 e. The summed E-state index contributed by atoms with van der Waals surface area (Å²) in [5, 5.41) is 21.4. The van der Waals surface area contributed by atoms with Crippen molar-refractivity contribution < 1.29 is 19.4 Å². The average molecular weight is 332 g/mol. The normalized spacial score (nSPS) is 15.1. The molecule has 0 amide bonds. The van der Waals surface area contributed by atoms with E-state index < -0.39 is 20.5 Å². The summed E-state index contributed by atoms with van der Waals surface area (Å²) in [4.78, 5) is 0. The second-order valence-electron chi connectivity index (χ2n) is 5.39. The van der Waals surface area contributed by atoms with Gasteiger partial charge < -0.3 is 19.4 Å². The summed E-state index contributed by atoms with van der Waals surface area (Å²) in [6, 6.07) is 18.8. The Bertz CT molecular complexity index is 504. The molecule has 0 aromatic heterocycles. The van der Waals surface area contributed by atoms with Gasteiger partial charge in [-0.25, -0.2) is 0 Å². The van der Waals surface area contributed by atoms with Gasteiger partial charge in [0.2, 0.25) is 9.04 Å². The van der Waals surface area contributed by atoms with Gasteiger partial charge in [-0.1, -0.05) is 60.7 Å². The highest BCUT2D eigenvalue weighted by Crippen LogP contribution is 2.26. The van der Waals surface area contributed by atoms with E-state index in [1.165, 1.54) is 0 Å². The molecule has 2 aromatic carbocycles. The zero-order valence-corrected chi connectivity index (χ0v) is 14.5. The van der Waals surface area contributed by atoms with Crippen LogP contribution in [-0.4, -0.2) is 39.6 Å². The van der Waals surface area contributed by atoms with Gasteiger partial charge >= 0.3 is 0 Å². The third-order valence-corrected chi connectivity index (χ3v) is 6.34. The molecule has 2 unspecified atom stereocenters. The second-order valence-corrected chi connectivity index (χ2v) is 7.92. The van der Waals surface area contributed by atoms with E-state index >= 15 is 0 Å². The number of benzene rings is 2. The molecule has 2 atom stereocenters. The molecule has 0 aliphatic carbocycles. The van der Waals surface area contributed by atoms with Crippen LogP contribution in [0.2, 0.25) is 0 Å². The molecule has 0 aliphatic heterocycles. The van der Waals surface area contributed by atoms with Gasteiger partial charge in [0.25, 0.3) is 0 Å². The lowest BCUT2D eigenvalue weighted by molar-refractivity contribution is 0.135. The van der Waals surface area contributed by atoms with Gasteiger partial charge in [0.05, 0.1) is 11.5 Å². The van der Waals surface area contributed by atoms with Crippen molar-refractivity contribution in [2.24, 2.45) is 0 Å². The van der Waals surface area contributed by atoms with Crippen molar-refractivity contribution >= 4 is 9.04 Å². The predicted molar refractivity (Wildman–Crippen MR) is 92.4 cm³/mol. The standard InChI is InChI=1S/C18H24O4Si/c1-21-13-8-14-22-23(17(19)15-9-4-2-5-10-15)18(20)16-11-6-3-7-12-16/h2-7,9-12,17-20,23H,8,13-14H2,1H3. The Kier molecular flexibility index (Phi) is 7.44. The van der Waals surface area contributed by atoms with Gasteiger partial charge in [0.1, 0.15) is 0 Å². The monoisotopic (exact) mass is 332 g/mol. The van der Waals surface area contributed by atoms with Crippen molar-refractivity contribution in [3.63, 3.8) is 0 Å². The molecule has 23 heavy (non-hydrogen) atoms. The topological polar surface area (TPSA) is 58.9 Å². The molecule has 2 aromatic rings. The van der Waals surface area contributed by atoms with Crippen LogP contribution in [0.4, 0.5) is 0 Å². The van der Waals surface area contributed by atoms with Crippen molar-refractivity contribution in [1.82, 2.24) is 0 Å². The van der Waals surface area contributed by atoms with Crippen LogP contribution >= 0.6 is 0 Å². The summed E-state index contributed by atoms with van der Waals surface area (Å²) in [7, 11) is -0.717. The number of hydrogen-bond donors (Lipinski definition) is 2. The molecule has 2 rings (SSSR count). The van der Waals surface area contributed by atoms with Crippen LogP contribution in [0.25, 0.3) is 0 Å². The quantitative estimate of drug-likeness (QED) is 0.546.